The van der Waals surface area contributed by atoms with E-state index in [1.54, 1.807) is 0 Å². The van der Waals surface area contributed by atoms with E-state index in [9.17, 15) is 15.5 Å². The molecule has 2 unspecified atom stereocenters. The Morgan fingerprint density at radius 2 is 1.81 bits per heavy atom. The van der Waals surface area contributed by atoms with Gasteiger partial charge in [-0.25, -0.2) is 0 Å². The predicted molar refractivity (Wildman–Crippen MR) is 104 cm³/mol. The highest BCUT2D eigenvalue weighted by Gasteiger charge is 2.64. The lowest BCUT2D eigenvalue weighted by Gasteiger charge is -2.62. The molecule has 0 aromatic heterocycles. The minimum Gasteiger partial charge on any atom is -0.393 e. The first-order chi connectivity index (χ1) is 12.8. The van der Waals surface area contributed by atoms with Crippen LogP contribution >= 0.6 is 0 Å². The van der Waals surface area contributed by atoms with Gasteiger partial charge in [0.1, 0.15) is 0 Å². The second-order valence-corrected chi connectivity index (χ2v) is 10.5. The summed E-state index contributed by atoms with van der Waals surface area (Å²) >= 11 is 0. The number of hydrogen-bond donors (Lipinski definition) is 2. The molecule has 4 rings (SSSR count). The highest BCUT2D eigenvalue weighted by atomic mass is 16.5. The summed E-state index contributed by atoms with van der Waals surface area (Å²) in [5, 5.41) is 31.7. The first kappa shape index (κ1) is 19.7. The van der Waals surface area contributed by atoms with Crippen molar-refractivity contribution in [1.29, 1.82) is 5.26 Å². The Bertz CT molecular complexity index is 603. The lowest BCUT2D eigenvalue weighted by atomic mass is 9.43. The molecule has 4 aliphatic carbocycles. The highest BCUT2D eigenvalue weighted by molar-refractivity contribution is 5.15. The summed E-state index contributed by atoms with van der Waals surface area (Å²) in [7, 11) is 0. The second kappa shape index (κ2) is 7.01. The van der Waals surface area contributed by atoms with Crippen molar-refractivity contribution in [3.63, 3.8) is 0 Å². The number of aliphatic hydroxyl groups excluding tert-OH is 2. The summed E-state index contributed by atoms with van der Waals surface area (Å²) in [4.78, 5) is 0. The van der Waals surface area contributed by atoms with E-state index in [1.807, 2.05) is 0 Å². The monoisotopic (exact) mass is 375 g/mol. The molecule has 0 amide bonds. The molecule has 4 nitrogen and oxygen atoms in total. The minimum absolute atomic E-state index is 0.0230. The van der Waals surface area contributed by atoms with Crippen LogP contribution in [0.3, 0.4) is 0 Å². The van der Waals surface area contributed by atoms with Crippen molar-refractivity contribution in [1.82, 2.24) is 0 Å². The zero-order chi connectivity index (χ0) is 19.4. The van der Waals surface area contributed by atoms with Crippen LogP contribution < -0.4 is 0 Å². The van der Waals surface area contributed by atoms with E-state index in [0.717, 1.165) is 51.4 Å². The Labute approximate surface area is 164 Å². The molecule has 2 N–H and O–H groups in total. The van der Waals surface area contributed by atoms with E-state index in [4.69, 9.17) is 4.74 Å². The largest absolute Gasteiger partial charge is 0.393 e. The molecule has 0 aromatic rings. The molecule has 10 atom stereocenters. The van der Waals surface area contributed by atoms with Gasteiger partial charge in [-0.05, 0) is 85.9 Å². The third-order valence-corrected chi connectivity index (χ3v) is 9.28. The average molecular weight is 376 g/mol. The lowest BCUT2D eigenvalue weighted by molar-refractivity contribution is -0.201. The van der Waals surface area contributed by atoms with Crippen LogP contribution in [0.2, 0.25) is 0 Å². The van der Waals surface area contributed by atoms with Crippen LogP contribution in [0.1, 0.15) is 72.1 Å². The van der Waals surface area contributed by atoms with E-state index in [2.05, 4.69) is 26.8 Å². The molecule has 0 aliphatic heterocycles. The van der Waals surface area contributed by atoms with Crippen molar-refractivity contribution in [2.24, 2.45) is 40.4 Å². The number of ether oxygens (including phenoxy) is 1. The van der Waals surface area contributed by atoms with Gasteiger partial charge in [-0.2, -0.15) is 5.26 Å². The van der Waals surface area contributed by atoms with Crippen molar-refractivity contribution in [3.8, 4) is 6.07 Å². The van der Waals surface area contributed by atoms with Gasteiger partial charge in [0.2, 0.25) is 0 Å². The Balaban J connectivity index is 1.62. The molecule has 4 saturated carbocycles. The van der Waals surface area contributed by atoms with Crippen LogP contribution in [0.15, 0.2) is 0 Å². The van der Waals surface area contributed by atoms with E-state index in [-0.39, 0.29) is 41.0 Å². The SMILES string of the molecule is CCCO[C@H]1C[C@@]2(C)C(CC[C@@H]3C2[C@@H](O)C[C@]2(C)[C@@H](C#N)CC[C@@H]32)C[C@@H]1O. The van der Waals surface area contributed by atoms with Gasteiger partial charge < -0.3 is 14.9 Å². The fourth-order valence-electron chi connectivity index (χ4n) is 8.03. The van der Waals surface area contributed by atoms with Gasteiger partial charge in [-0.15, -0.1) is 0 Å². The van der Waals surface area contributed by atoms with Gasteiger partial charge in [-0.1, -0.05) is 20.8 Å². The summed E-state index contributed by atoms with van der Waals surface area (Å²) in [6.07, 6.45) is 7.03. The molecule has 4 heteroatoms. The molecule has 0 bridgehead atoms. The first-order valence-electron chi connectivity index (χ1n) is 11.2. The Morgan fingerprint density at radius 1 is 1.04 bits per heavy atom. The summed E-state index contributed by atoms with van der Waals surface area (Å²) in [5.74, 6) is 1.93. The molecule has 0 spiro atoms. The molecular formula is C23H37NO3. The second-order valence-electron chi connectivity index (χ2n) is 10.5. The van der Waals surface area contributed by atoms with Crippen molar-refractivity contribution in [2.75, 3.05) is 6.61 Å². The van der Waals surface area contributed by atoms with Gasteiger partial charge in [0.15, 0.2) is 0 Å². The lowest BCUT2D eigenvalue weighted by Crippen LogP contribution is -2.61. The molecule has 4 fully saturated rings. The molecule has 0 aromatic carbocycles. The molecule has 0 heterocycles. The molecule has 0 saturated heterocycles. The Kier molecular flexibility index (Phi) is 5.11. The van der Waals surface area contributed by atoms with Crippen molar-refractivity contribution in [2.45, 2.75) is 90.4 Å². The molecule has 0 radical (unpaired) electrons. The highest BCUT2D eigenvalue weighted by Crippen LogP contribution is 2.67. The third-order valence-electron chi connectivity index (χ3n) is 9.28. The van der Waals surface area contributed by atoms with Crippen LogP contribution in [-0.2, 0) is 4.74 Å². The number of nitriles is 1. The number of hydrogen-bond acceptors (Lipinski definition) is 4. The summed E-state index contributed by atoms with van der Waals surface area (Å²) < 4.78 is 6.04. The average Bonchev–Trinajstić information content (AvgIpc) is 2.95. The fourth-order valence-corrected chi connectivity index (χ4v) is 8.03. The van der Waals surface area contributed by atoms with Gasteiger partial charge >= 0.3 is 0 Å². The number of fused-ring (bicyclic) bond motifs is 5. The maximum absolute atomic E-state index is 11.3. The van der Waals surface area contributed by atoms with Gasteiger partial charge in [0.25, 0.3) is 0 Å². The summed E-state index contributed by atoms with van der Waals surface area (Å²) in [6, 6.07) is 2.56. The van der Waals surface area contributed by atoms with Crippen LogP contribution in [-0.4, -0.2) is 35.1 Å². The van der Waals surface area contributed by atoms with Crippen molar-refractivity contribution in [3.05, 3.63) is 0 Å². The summed E-state index contributed by atoms with van der Waals surface area (Å²) in [5.41, 5.74) is 0.0108. The Hall–Kier alpha value is -0.630. The topological polar surface area (TPSA) is 73.5 Å². The van der Waals surface area contributed by atoms with E-state index < -0.39 is 0 Å². The van der Waals surface area contributed by atoms with E-state index in [0.29, 0.717) is 24.4 Å². The van der Waals surface area contributed by atoms with Crippen molar-refractivity contribution >= 4 is 0 Å². The molecule has 27 heavy (non-hydrogen) atoms. The van der Waals surface area contributed by atoms with Crippen LogP contribution in [0.5, 0.6) is 0 Å². The Morgan fingerprint density at radius 3 is 2.52 bits per heavy atom. The quantitative estimate of drug-likeness (QED) is 0.784. The van der Waals surface area contributed by atoms with Crippen LogP contribution in [0, 0.1) is 51.8 Å². The minimum atomic E-state index is -0.369. The third kappa shape index (κ3) is 2.88. The van der Waals surface area contributed by atoms with Gasteiger partial charge in [-0.3, -0.25) is 0 Å². The number of nitrogens with zero attached hydrogens (tertiary/aromatic N) is 1. The summed E-state index contributed by atoms with van der Waals surface area (Å²) in [6.45, 7) is 7.44. The van der Waals surface area contributed by atoms with E-state index >= 15 is 0 Å². The molecule has 152 valence electrons. The smallest absolute Gasteiger partial charge is 0.0839 e. The van der Waals surface area contributed by atoms with Gasteiger partial charge in [0.05, 0.1) is 30.3 Å². The number of aliphatic hydroxyl groups is 2. The maximum Gasteiger partial charge on any atom is 0.0839 e. The molecule has 4 aliphatic rings. The first-order valence-corrected chi connectivity index (χ1v) is 11.2. The predicted octanol–water partition coefficient (Wildman–Crippen LogP) is 3.91. The van der Waals surface area contributed by atoms with Crippen LogP contribution in [0.4, 0.5) is 0 Å². The standard InChI is InChI=1S/C23H37NO3/c1-4-9-27-20-12-23(3)14(10-18(20)25)5-7-16-17-8-6-15(13-24)22(17,2)11-19(26)21(16)23/h14-21,25-26H,4-12H2,1-3H3/t14?,15-,16+,17+,18+,19+,20+,21?,22-,23+/m1/s1. The van der Waals surface area contributed by atoms with Crippen LogP contribution in [0.25, 0.3) is 0 Å². The fraction of sp³-hybridized carbons (Fsp3) is 0.957. The van der Waals surface area contributed by atoms with Gasteiger partial charge in [0, 0.05) is 6.61 Å². The van der Waals surface area contributed by atoms with Crippen molar-refractivity contribution < 1.29 is 14.9 Å². The zero-order valence-corrected chi connectivity index (χ0v) is 17.2. The maximum atomic E-state index is 11.3. The number of rotatable bonds is 3. The zero-order valence-electron chi connectivity index (χ0n) is 17.2. The molecular weight excluding hydrogens is 338 g/mol. The normalized spacial score (nSPS) is 54.5. The van der Waals surface area contributed by atoms with E-state index in [1.165, 1.54) is 0 Å².